The third-order valence-corrected chi connectivity index (χ3v) is 2.63. The zero-order chi connectivity index (χ0) is 13.9. The molecule has 98 valence electrons. The molecule has 6 heteroatoms. The number of amides is 1. The van der Waals surface area contributed by atoms with Crippen LogP contribution in [-0.2, 0) is 4.79 Å². The average molecular weight is 274 g/mol. The summed E-state index contributed by atoms with van der Waals surface area (Å²) in [6.45, 7) is 3.29. The third kappa shape index (κ3) is 3.43. The number of carboxylic acid groups (broad SMARTS) is 1. The fraction of sp³-hybridized carbons (Fsp3) is 0.333. The zero-order valence-electron chi connectivity index (χ0n) is 9.91. The highest BCUT2D eigenvalue weighted by Crippen LogP contribution is 2.15. The van der Waals surface area contributed by atoms with Crippen molar-refractivity contribution >= 4 is 23.5 Å². The Morgan fingerprint density at radius 2 is 2.00 bits per heavy atom. The molecule has 0 fully saturated rings. The molecule has 0 bridgehead atoms. The standard InChI is InChI=1S/C12H13ClFNO3/c1-6(2)10(12(17)18)15-11(16)8-5-7(13)3-4-9(8)14/h3-6,10H,1-2H3,(H,15,16)(H,17,18)/t10-/m0/s1. The van der Waals surface area contributed by atoms with Gasteiger partial charge in [-0.05, 0) is 24.1 Å². The smallest absolute Gasteiger partial charge is 0.326 e. The van der Waals surface area contributed by atoms with Crippen LogP contribution < -0.4 is 5.32 Å². The monoisotopic (exact) mass is 273 g/mol. The Balaban J connectivity index is 2.94. The molecule has 0 spiro atoms. The van der Waals surface area contributed by atoms with Crippen LogP contribution in [-0.4, -0.2) is 23.0 Å². The lowest BCUT2D eigenvalue weighted by Gasteiger charge is -2.18. The van der Waals surface area contributed by atoms with Crippen molar-refractivity contribution in [2.24, 2.45) is 5.92 Å². The topological polar surface area (TPSA) is 66.4 Å². The van der Waals surface area contributed by atoms with Crippen LogP contribution in [0.4, 0.5) is 4.39 Å². The largest absolute Gasteiger partial charge is 0.480 e. The van der Waals surface area contributed by atoms with Crippen LogP contribution in [0.2, 0.25) is 5.02 Å². The summed E-state index contributed by atoms with van der Waals surface area (Å²) in [6.07, 6.45) is 0. The van der Waals surface area contributed by atoms with Crippen LogP contribution in [0.1, 0.15) is 24.2 Å². The highest BCUT2D eigenvalue weighted by Gasteiger charge is 2.25. The van der Waals surface area contributed by atoms with Crippen molar-refractivity contribution in [2.45, 2.75) is 19.9 Å². The first-order valence-electron chi connectivity index (χ1n) is 5.31. The van der Waals surface area contributed by atoms with Crippen LogP contribution in [0.15, 0.2) is 18.2 Å². The van der Waals surface area contributed by atoms with Gasteiger partial charge in [0.05, 0.1) is 5.56 Å². The molecule has 1 aromatic rings. The van der Waals surface area contributed by atoms with E-state index in [-0.39, 0.29) is 16.5 Å². The lowest BCUT2D eigenvalue weighted by Crippen LogP contribution is -2.44. The molecular weight excluding hydrogens is 261 g/mol. The van der Waals surface area contributed by atoms with Gasteiger partial charge in [0.25, 0.3) is 5.91 Å². The van der Waals surface area contributed by atoms with Crippen LogP contribution in [0.5, 0.6) is 0 Å². The summed E-state index contributed by atoms with van der Waals surface area (Å²) in [5.74, 6) is -3.02. The van der Waals surface area contributed by atoms with Crippen molar-refractivity contribution in [3.05, 3.63) is 34.6 Å². The number of halogens is 2. The van der Waals surface area contributed by atoms with E-state index in [1.807, 2.05) is 0 Å². The number of nitrogens with one attached hydrogen (secondary N) is 1. The highest BCUT2D eigenvalue weighted by molar-refractivity contribution is 6.31. The molecule has 0 aliphatic carbocycles. The molecule has 2 N–H and O–H groups in total. The second kappa shape index (κ2) is 5.82. The lowest BCUT2D eigenvalue weighted by atomic mass is 10.0. The molecule has 1 amide bonds. The van der Waals surface area contributed by atoms with Crippen molar-refractivity contribution in [3.63, 3.8) is 0 Å². The van der Waals surface area contributed by atoms with Crippen molar-refractivity contribution in [1.29, 1.82) is 0 Å². The van der Waals surface area contributed by atoms with Crippen molar-refractivity contribution in [3.8, 4) is 0 Å². The minimum Gasteiger partial charge on any atom is -0.480 e. The zero-order valence-corrected chi connectivity index (χ0v) is 10.7. The van der Waals surface area contributed by atoms with Crippen molar-refractivity contribution < 1.29 is 19.1 Å². The Kier molecular flexibility index (Phi) is 4.67. The Bertz CT molecular complexity index is 476. The minimum atomic E-state index is -1.17. The first-order chi connectivity index (χ1) is 8.32. The molecule has 0 unspecified atom stereocenters. The number of rotatable bonds is 4. The second-order valence-corrected chi connectivity index (χ2v) is 4.59. The van der Waals surface area contributed by atoms with E-state index in [9.17, 15) is 14.0 Å². The van der Waals surface area contributed by atoms with Crippen molar-refractivity contribution in [2.75, 3.05) is 0 Å². The summed E-state index contributed by atoms with van der Waals surface area (Å²) in [5.41, 5.74) is -0.269. The molecule has 0 aliphatic heterocycles. The molecule has 18 heavy (non-hydrogen) atoms. The predicted octanol–water partition coefficient (Wildman–Crippen LogP) is 2.32. The summed E-state index contributed by atoms with van der Waals surface area (Å²) < 4.78 is 13.4. The van der Waals surface area contributed by atoms with Crippen molar-refractivity contribution in [1.82, 2.24) is 5.32 Å². The first kappa shape index (κ1) is 14.4. The quantitative estimate of drug-likeness (QED) is 0.885. The number of aliphatic carboxylic acids is 1. The first-order valence-corrected chi connectivity index (χ1v) is 5.69. The fourth-order valence-electron chi connectivity index (χ4n) is 1.40. The summed E-state index contributed by atoms with van der Waals surface area (Å²) in [4.78, 5) is 22.7. The Hall–Kier alpha value is -1.62. The highest BCUT2D eigenvalue weighted by atomic mass is 35.5. The third-order valence-electron chi connectivity index (χ3n) is 2.39. The molecule has 0 aliphatic rings. The molecule has 1 rings (SSSR count). The van der Waals surface area contributed by atoms with Gasteiger partial charge in [0.2, 0.25) is 0 Å². The van der Waals surface area contributed by atoms with E-state index in [4.69, 9.17) is 16.7 Å². The summed E-state index contributed by atoms with van der Waals surface area (Å²) in [6, 6.07) is 2.45. The maximum Gasteiger partial charge on any atom is 0.326 e. The Morgan fingerprint density at radius 1 is 1.39 bits per heavy atom. The maximum absolute atomic E-state index is 13.4. The number of carbonyl (C=O) groups is 2. The van der Waals surface area contributed by atoms with E-state index < -0.39 is 23.7 Å². The Morgan fingerprint density at radius 3 is 2.50 bits per heavy atom. The van der Waals surface area contributed by atoms with E-state index in [2.05, 4.69) is 5.32 Å². The summed E-state index contributed by atoms with van der Waals surface area (Å²) >= 11 is 5.66. The van der Waals surface area contributed by atoms with Crippen LogP contribution in [0, 0.1) is 11.7 Å². The number of hydrogen-bond acceptors (Lipinski definition) is 2. The minimum absolute atomic E-state index is 0.206. The lowest BCUT2D eigenvalue weighted by molar-refractivity contribution is -0.140. The molecule has 0 heterocycles. The SMILES string of the molecule is CC(C)[C@H](NC(=O)c1cc(Cl)ccc1F)C(=O)O. The Labute approximate surface area is 109 Å². The molecule has 0 saturated heterocycles. The van der Waals surface area contributed by atoms with Gasteiger partial charge in [-0.3, -0.25) is 4.79 Å². The average Bonchev–Trinajstić information content (AvgIpc) is 2.28. The van der Waals surface area contributed by atoms with Gasteiger partial charge >= 0.3 is 5.97 Å². The molecule has 0 saturated carbocycles. The van der Waals surface area contributed by atoms with E-state index in [0.717, 1.165) is 12.1 Å². The number of carbonyl (C=O) groups excluding carboxylic acids is 1. The van der Waals surface area contributed by atoms with E-state index in [1.54, 1.807) is 13.8 Å². The van der Waals surface area contributed by atoms with Gasteiger partial charge in [-0.25, -0.2) is 9.18 Å². The summed E-state index contributed by atoms with van der Waals surface area (Å²) in [5, 5.41) is 11.4. The van der Waals surface area contributed by atoms with Gasteiger partial charge in [0, 0.05) is 5.02 Å². The van der Waals surface area contributed by atoms with Crippen LogP contribution >= 0.6 is 11.6 Å². The molecule has 1 aromatic carbocycles. The molecule has 1 atom stereocenters. The number of carboxylic acids is 1. The number of hydrogen-bond donors (Lipinski definition) is 2. The number of benzene rings is 1. The molecule has 0 aromatic heterocycles. The maximum atomic E-state index is 13.4. The molecular formula is C12H13ClFNO3. The summed E-state index contributed by atoms with van der Waals surface area (Å²) in [7, 11) is 0. The predicted molar refractivity (Wildman–Crippen MR) is 65.1 cm³/mol. The van der Waals surface area contributed by atoms with Crippen LogP contribution in [0.25, 0.3) is 0 Å². The van der Waals surface area contributed by atoms with Gasteiger partial charge in [-0.1, -0.05) is 25.4 Å². The van der Waals surface area contributed by atoms with Gasteiger partial charge in [0.1, 0.15) is 11.9 Å². The molecule has 4 nitrogen and oxygen atoms in total. The van der Waals surface area contributed by atoms with Gasteiger partial charge < -0.3 is 10.4 Å². The van der Waals surface area contributed by atoms with Gasteiger partial charge in [-0.15, -0.1) is 0 Å². The van der Waals surface area contributed by atoms with Gasteiger partial charge in [-0.2, -0.15) is 0 Å². The molecule has 0 radical (unpaired) electrons. The van der Waals surface area contributed by atoms with E-state index in [1.165, 1.54) is 6.07 Å². The normalized spacial score (nSPS) is 12.3. The second-order valence-electron chi connectivity index (χ2n) is 4.16. The van der Waals surface area contributed by atoms with Crippen LogP contribution in [0.3, 0.4) is 0 Å². The van der Waals surface area contributed by atoms with E-state index >= 15 is 0 Å². The van der Waals surface area contributed by atoms with Gasteiger partial charge in [0.15, 0.2) is 0 Å². The fourth-order valence-corrected chi connectivity index (χ4v) is 1.58. The van der Waals surface area contributed by atoms with E-state index in [0.29, 0.717) is 0 Å².